The summed E-state index contributed by atoms with van der Waals surface area (Å²) in [7, 11) is 0. The molecule has 0 aromatic heterocycles. The van der Waals surface area contributed by atoms with E-state index in [0.29, 0.717) is 0 Å². The SMILES string of the molecule is CCC(C)C(=O)NCC(=O)Nc1c(C)cccc1C. The van der Waals surface area contributed by atoms with E-state index >= 15 is 0 Å². The van der Waals surface area contributed by atoms with Crippen molar-refractivity contribution in [2.24, 2.45) is 5.92 Å². The summed E-state index contributed by atoms with van der Waals surface area (Å²) in [6, 6.07) is 5.84. The monoisotopic (exact) mass is 262 g/mol. The van der Waals surface area contributed by atoms with Crippen LogP contribution in [0.15, 0.2) is 18.2 Å². The third-order valence-corrected chi connectivity index (χ3v) is 3.23. The van der Waals surface area contributed by atoms with E-state index < -0.39 is 0 Å². The molecule has 0 bridgehead atoms. The van der Waals surface area contributed by atoms with Crippen LogP contribution in [-0.2, 0) is 9.59 Å². The molecule has 1 atom stereocenters. The van der Waals surface area contributed by atoms with Crippen molar-refractivity contribution in [3.63, 3.8) is 0 Å². The Morgan fingerprint density at radius 2 is 1.79 bits per heavy atom. The zero-order valence-corrected chi connectivity index (χ0v) is 12.0. The van der Waals surface area contributed by atoms with Crippen molar-refractivity contribution < 1.29 is 9.59 Å². The summed E-state index contributed by atoms with van der Waals surface area (Å²) in [6.07, 6.45) is 0.768. The molecule has 0 saturated heterocycles. The minimum Gasteiger partial charge on any atom is -0.347 e. The third kappa shape index (κ3) is 4.39. The molecule has 2 N–H and O–H groups in total. The summed E-state index contributed by atoms with van der Waals surface area (Å²) in [5, 5.41) is 5.48. The van der Waals surface area contributed by atoms with Crippen molar-refractivity contribution in [2.75, 3.05) is 11.9 Å². The lowest BCUT2D eigenvalue weighted by Crippen LogP contribution is -2.36. The highest BCUT2D eigenvalue weighted by molar-refractivity contribution is 5.95. The Hall–Kier alpha value is -1.84. The van der Waals surface area contributed by atoms with Crippen LogP contribution in [0.1, 0.15) is 31.4 Å². The van der Waals surface area contributed by atoms with E-state index in [0.717, 1.165) is 23.2 Å². The van der Waals surface area contributed by atoms with Gasteiger partial charge < -0.3 is 10.6 Å². The Morgan fingerprint density at radius 3 is 2.32 bits per heavy atom. The van der Waals surface area contributed by atoms with Crippen LogP contribution in [-0.4, -0.2) is 18.4 Å². The number of rotatable bonds is 5. The average Bonchev–Trinajstić information content (AvgIpc) is 2.39. The molecule has 0 radical (unpaired) electrons. The molecule has 0 aliphatic heterocycles. The molecule has 1 aromatic rings. The van der Waals surface area contributed by atoms with Crippen LogP contribution in [0.2, 0.25) is 0 Å². The predicted octanol–water partition coefficient (Wildman–Crippen LogP) is 2.40. The maximum absolute atomic E-state index is 11.8. The smallest absolute Gasteiger partial charge is 0.243 e. The molecule has 4 heteroatoms. The lowest BCUT2D eigenvalue weighted by molar-refractivity contribution is -0.126. The van der Waals surface area contributed by atoms with Gasteiger partial charge in [0.25, 0.3) is 0 Å². The van der Waals surface area contributed by atoms with Crippen LogP contribution in [0, 0.1) is 19.8 Å². The lowest BCUT2D eigenvalue weighted by Gasteiger charge is -2.13. The number of carbonyl (C=O) groups excluding carboxylic acids is 2. The number of aryl methyl sites for hydroxylation is 2. The Bertz CT molecular complexity index is 449. The van der Waals surface area contributed by atoms with Crippen LogP contribution in [0.4, 0.5) is 5.69 Å². The predicted molar refractivity (Wildman–Crippen MR) is 77.0 cm³/mol. The molecule has 4 nitrogen and oxygen atoms in total. The first-order chi connectivity index (χ1) is 8.95. The number of amides is 2. The highest BCUT2D eigenvalue weighted by Gasteiger charge is 2.12. The van der Waals surface area contributed by atoms with Gasteiger partial charge in [0.15, 0.2) is 0 Å². The fourth-order valence-electron chi connectivity index (χ4n) is 1.72. The van der Waals surface area contributed by atoms with Gasteiger partial charge in [-0.1, -0.05) is 32.0 Å². The van der Waals surface area contributed by atoms with Crippen molar-refractivity contribution in [2.45, 2.75) is 34.1 Å². The molecule has 1 unspecified atom stereocenters. The first-order valence-corrected chi connectivity index (χ1v) is 6.59. The molecule has 0 aliphatic carbocycles. The highest BCUT2D eigenvalue weighted by Crippen LogP contribution is 2.18. The number of anilines is 1. The molecule has 2 amide bonds. The second-order valence-electron chi connectivity index (χ2n) is 4.84. The molecule has 104 valence electrons. The first kappa shape index (κ1) is 15.2. The quantitative estimate of drug-likeness (QED) is 0.856. The van der Waals surface area contributed by atoms with Gasteiger partial charge in [-0.15, -0.1) is 0 Å². The lowest BCUT2D eigenvalue weighted by atomic mass is 10.1. The summed E-state index contributed by atoms with van der Waals surface area (Å²) in [6.45, 7) is 7.69. The fraction of sp³-hybridized carbons (Fsp3) is 0.467. The van der Waals surface area contributed by atoms with Crippen LogP contribution in [0.25, 0.3) is 0 Å². The van der Waals surface area contributed by atoms with Crippen molar-refractivity contribution in [1.29, 1.82) is 0 Å². The maximum Gasteiger partial charge on any atom is 0.243 e. The van der Waals surface area contributed by atoms with Crippen LogP contribution >= 0.6 is 0 Å². The number of benzene rings is 1. The molecule has 0 saturated carbocycles. The number of carbonyl (C=O) groups is 2. The second kappa shape index (κ2) is 6.92. The summed E-state index contributed by atoms with van der Waals surface area (Å²) < 4.78 is 0. The van der Waals surface area contributed by atoms with Crippen molar-refractivity contribution in [3.05, 3.63) is 29.3 Å². The standard InChI is InChI=1S/C15H22N2O2/c1-5-10(2)15(19)16-9-13(18)17-14-11(3)7-6-8-12(14)4/h6-8,10H,5,9H2,1-4H3,(H,16,19)(H,17,18). The van der Waals surface area contributed by atoms with Crippen molar-refractivity contribution in [1.82, 2.24) is 5.32 Å². The average molecular weight is 262 g/mol. The molecule has 0 aliphatic rings. The summed E-state index contributed by atoms with van der Waals surface area (Å²) in [5.74, 6) is -0.346. The molecular weight excluding hydrogens is 240 g/mol. The molecule has 0 spiro atoms. The van der Waals surface area contributed by atoms with Gasteiger partial charge in [0.2, 0.25) is 11.8 Å². The Kier molecular flexibility index (Phi) is 5.55. The van der Waals surface area contributed by atoms with Crippen LogP contribution < -0.4 is 10.6 Å². The van der Waals surface area contributed by atoms with Gasteiger partial charge in [-0.2, -0.15) is 0 Å². The first-order valence-electron chi connectivity index (χ1n) is 6.59. The molecule has 0 fully saturated rings. The molecule has 1 aromatic carbocycles. The maximum atomic E-state index is 11.8. The highest BCUT2D eigenvalue weighted by atomic mass is 16.2. The van der Waals surface area contributed by atoms with Gasteiger partial charge in [0, 0.05) is 11.6 Å². The Balaban J connectivity index is 2.55. The third-order valence-electron chi connectivity index (χ3n) is 3.23. The van der Waals surface area contributed by atoms with E-state index in [-0.39, 0.29) is 24.3 Å². The minimum atomic E-state index is -0.200. The number of para-hydroxylation sites is 1. The Morgan fingerprint density at radius 1 is 1.21 bits per heavy atom. The molecular formula is C15H22N2O2. The molecule has 1 rings (SSSR count). The van der Waals surface area contributed by atoms with E-state index in [2.05, 4.69) is 10.6 Å². The zero-order chi connectivity index (χ0) is 14.4. The van der Waals surface area contributed by atoms with E-state index in [1.165, 1.54) is 0 Å². The summed E-state index contributed by atoms with van der Waals surface area (Å²) in [4.78, 5) is 23.4. The zero-order valence-electron chi connectivity index (χ0n) is 12.0. The van der Waals surface area contributed by atoms with Crippen LogP contribution in [0.3, 0.4) is 0 Å². The number of nitrogens with one attached hydrogen (secondary N) is 2. The Labute approximate surface area is 114 Å². The van der Waals surface area contributed by atoms with Gasteiger partial charge in [-0.25, -0.2) is 0 Å². The molecule has 0 heterocycles. The van der Waals surface area contributed by atoms with E-state index in [1.807, 2.05) is 45.9 Å². The van der Waals surface area contributed by atoms with Crippen LogP contribution in [0.5, 0.6) is 0 Å². The minimum absolute atomic E-state index is 0.0109. The van der Waals surface area contributed by atoms with E-state index in [4.69, 9.17) is 0 Å². The number of hydrogen-bond donors (Lipinski definition) is 2. The number of hydrogen-bond acceptors (Lipinski definition) is 2. The van der Waals surface area contributed by atoms with Crippen molar-refractivity contribution in [3.8, 4) is 0 Å². The normalized spacial score (nSPS) is 11.8. The van der Waals surface area contributed by atoms with Gasteiger partial charge in [-0.05, 0) is 31.4 Å². The fourth-order valence-corrected chi connectivity index (χ4v) is 1.72. The summed E-state index contributed by atoms with van der Waals surface area (Å²) in [5.41, 5.74) is 2.86. The molecule has 19 heavy (non-hydrogen) atoms. The largest absolute Gasteiger partial charge is 0.347 e. The van der Waals surface area contributed by atoms with E-state index in [1.54, 1.807) is 0 Å². The van der Waals surface area contributed by atoms with Gasteiger partial charge >= 0.3 is 0 Å². The van der Waals surface area contributed by atoms with Gasteiger partial charge in [0.05, 0.1) is 6.54 Å². The van der Waals surface area contributed by atoms with Gasteiger partial charge in [0.1, 0.15) is 0 Å². The summed E-state index contributed by atoms with van der Waals surface area (Å²) >= 11 is 0. The second-order valence-corrected chi connectivity index (χ2v) is 4.84. The topological polar surface area (TPSA) is 58.2 Å². The van der Waals surface area contributed by atoms with E-state index in [9.17, 15) is 9.59 Å². The van der Waals surface area contributed by atoms with Gasteiger partial charge in [-0.3, -0.25) is 9.59 Å². The van der Waals surface area contributed by atoms with Crippen molar-refractivity contribution >= 4 is 17.5 Å².